The molecule has 0 bridgehead atoms. The molecule has 2 aromatic carbocycles. The van der Waals surface area contributed by atoms with Crippen molar-refractivity contribution in [1.82, 2.24) is 9.38 Å². The molecule has 0 spiro atoms. The van der Waals surface area contributed by atoms with Crippen LogP contribution in [-0.2, 0) is 0 Å². The average Bonchev–Trinajstić information content (AvgIpc) is 3.18. The molecule has 174 valence electrons. The van der Waals surface area contributed by atoms with E-state index in [2.05, 4.69) is 4.98 Å². The Morgan fingerprint density at radius 1 is 0.882 bits per heavy atom. The highest BCUT2D eigenvalue weighted by atomic mass is 35.5. The molecular formula is C19H10Cl2FN5O7. The van der Waals surface area contributed by atoms with Gasteiger partial charge in [0.25, 0.3) is 11.4 Å². The van der Waals surface area contributed by atoms with Crippen LogP contribution in [0.4, 0.5) is 21.5 Å². The fourth-order valence-corrected chi connectivity index (χ4v) is 3.29. The molecule has 0 saturated carbocycles. The van der Waals surface area contributed by atoms with Gasteiger partial charge in [0, 0.05) is 18.0 Å². The van der Waals surface area contributed by atoms with Gasteiger partial charge >= 0.3 is 11.4 Å². The van der Waals surface area contributed by atoms with Crippen LogP contribution in [0.2, 0.25) is 10.0 Å². The van der Waals surface area contributed by atoms with Crippen molar-refractivity contribution in [2.24, 2.45) is 0 Å². The Morgan fingerprint density at radius 3 is 1.94 bits per heavy atom. The Hall–Kier alpha value is -4.36. The molecule has 1 N–H and O–H groups in total. The quantitative estimate of drug-likeness (QED) is 0.275. The van der Waals surface area contributed by atoms with Gasteiger partial charge in [-0.15, -0.1) is 0 Å². The van der Waals surface area contributed by atoms with E-state index in [4.69, 9.17) is 28.3 Å². The van der Waals surface area contributed by atoms with Gasteiger partial charge < -0.3 is 9.51 Å². The number of aromatic nitrogens is 2. The zero-order valence-electron chi connectivity index (χ0n) is 16.5. The highest BCUT2D eigenvalue weighted by Crippen LogP contribution is 2.39. The minimum atomic E-state index is -1.21. The minimum absolute atomic E-state index is 0.274. The summed E-state index contributed by atoms with van der Waals surface area (Å²) in [6.45, 7) is 0. The molecule has 0 atom stereocenters. The molecule has 0 aliphatic heterocycles. The molecule has 2 heterocycles. The van der Waals surface area contributed by atoms with Crippen LogP contribution >= 0.6 is 23.2 Å². The number of phenols is 1. The van der Waals surface area contributed by atoms with E-state index in [1.807, 2.05) is 0 Å². The Morgan fingerprint density at radius 2 is 1.44 bits per heavy atom. The van der Waals surface area contributed by atoms with Gasteiger partial charge in [-0.2, -0.15) is 0 Å². The first-order chi connectivity index (χ1) is 16.0. The van der Waals surface area contributed by atoms with Crippen molar-refractivity contribution in [2.75, 3.05) is 0 Å². The summed E-state index contributed by atoms with van der Waals surface area (Å²) < 4.78 is 14.6. The van der Waals surface area contributed by atoms with Gasteiger partial charge in [-0.3, -0.25) is 30.3 Å². The Labute approximate surface area is 197 Å². The van der Waals surface area contributed by atoms with Crippen LogP contribution in [0.15, 0.2) is 54.9 Å². The van der Waals surface area contributed by atoms with Crippen molar-refractivity contribution in [3.05, 3.63) is 101 Å². The van der Waals surface area contributed by atoms with Crippen molar-refractivity contribution in [2.45, 2.75) is 0 Å². The highest BCUT2D eigenvalue weighted by Gasteiger charge is 2.30. The van der Waals surface area contributed by atoms with E-state index in [-0.39, 0.29) is 5.82 Å². The lowest BCUT2D eigenvalue weighted by Gasteiger charge is -1.97. The summed E-state index contributed by atoms with van der Waals surface area (Å²) in [5.74, 6) is -1.48. The van der Waals surface area contributed by atoms with Crippen LogP contribution in [0.25, 0.3) is 16.9 Å². The first-order valence-electron chi connectivity index (χ1n) is 8.87. The van der Waals surface area contributed by atoms with Gasteiger partial charge in [0.15, 0.2) is 5.65 Å². The van der Waals surface area contributed by atoms with Gasteiger partial charge in [-0.1, -0.05) is 23.2 Å². The third-order valence-electron chi connectivity index (χ3n) is 4.27. The second-order valence-corrected chi connectivity index (χ2v) is 7.32. The Balaban J connectivity index is 0.000000192. The first kappa shape index (κ1) is 24.3. The van der Waals surface area contributed by atoms with Crippen LogP contribution in [0.1, 0.15) is 0 Å². The standard InChI is InChI=1S/C13H7Cl2FN2.C6H3N3O7/c14-9-5-11(15)13-17-12(7-18(13)6-9)8-1-3-10(16)4-2-8;10-6-4(8(13)14)1-3(7(11)12)2-5(6)9(15)16/h1-7H;1-2,10H. The number of benzene rings is 2. The van der Waals surface area contributed by atoms with Crippen LogP contribution in [0.3, 0.4) is 0 Å². The van der Waals surface area contributed by atoms with Crippen LogP contribution in [0, 0.1) is 36.2 Å². The van der Waals surface area contributed by atoms with E-state index < -0.39 is 37.6 Å². The number of non-ortho nitro benzene ring substituents is 1. The largest absolute Gasteiger partial charge is 0.497 e. The Kier molecular flexibility index (Phi) is 6.89. The first-order valence-corrected chi connectivity index (χ1v) is 9.63. The zero-order chi connectivity index (χ0) is 25.2. The SMILES string of the molecule is Fc1ccc(-c2cn3cc(Cl)cc(Cl)c3n2)cc1.O=[N+]([O-])c1cc([N+](=O)[O-])c(O)c([N+](=O)[O-])c1. The van der Waals surface area contributed by atoms with Gasteiger partial charge in [0.05, 0.1) is 42.6 Å². The zero-order valence-corrected chi connectivity index (χ0v) is 18.0. The van der Waals surface area contributed by atoms with Crippen molar-refractivity contribution in [3.63, 3.8) is 0 Å². The molecule has 15 heteroatoms. The third-order valence-corrected chi connectivity index (χ3v) is 4.76. The van der Waals surface area contributed by atoms with Crippen LogP contribution in [0.5, 0.6) is 5.75 Å². The number of imidazole rings is 1. The molecule has 0 amide bonds. The van der Waals surface area contributed by atoms with Crippen molar-refractivity contribution >= 4 is 45.9 Å². The predicted octanol–water partition coefficient (Wildman–Crippen LogP) is 5.56. The van der Waals surface area contributed by atoms with Gasteiger partial charge in [0.1, 0.15) is 5.82 Å². The molecule has 0 unspecified atom stereocenters. The smallest absolute Gasteiger partial charge is 0.324 e. The predicted molar refractivity (Wildman–Crippen MR) is 119 cm³/mol. The summed E-state index contributed by atoms with van der Waals surface area (Å²) in [7, 11) is 0. The van der Waals surface area contributed by atoms with Crippen molar-refractivity contribution in [3.8, 4) is 17.0 Å². The topological polar surface area (TPSA) is 167 Å². The van der Waals surface area contributed by atoms with Crippen molar-refractivity contribution < 1.29 is 24.3 Å². The number of hydrogen-bond donors (Lipinski definition) is 1. The molecule has 2 aromatic heterocycles. The lowest BCUT2D eigenvalue weighted by Crippen LogP contribution is -1.97. The monoisotopic (exact) mass is 509 g/mol. The molecule has 0 aliphatic carbocycles. The number of nitro groups is 3. The van der Waals surface area contributed by atoms with Crippen molar-refractivity contribution in [1.29, 1.82) is 0 Å². The van der Waals surface area contributed by atoms with E-state index in [1.54, 1.807) is 35.0 Å². The molecule has 0 fully saturated rings. The fraction of sp³-hybridized carbons (Fsp3) is 0. The number of rotatable bonds is 4. The van der Waals surface area contributed by atoms with Gasteiger partial charge in [-0.25, -0.2) is 9.37 Å². The summed E-state index contributed by atoms with van der Waals surface area (Å²) in [4.78, 5) is 32.2. The maximum atomic E-state index is 12.9. The van der Waals surface area contributed by atoms with Crippen LogP contribution in [-0.4, -0.2) is 29.3 Å². The molecule has 4 aromatic rings. The molecule has 0 aliphatic rings. The third kappa shape index (κ3) is 5.16. The average molecular weight is 510 g/mol. The lowest BCUT2D eigenvalue weighted by molar-refractivity contribution is -0.404. The normalized spacial score (nSPS) is 10.4. The van der Waals surface area contributed by atoms with E-state index in [0.29, 0.717) is 27.8 Å². The van der Waals surface area contributed by atoms with E-state index in [9.17, 15) is 34.7 Å². The summed E-state index contributed by atoms with van der Waals surface area (Å²) >= 11 is 12.0. The number of pyridine rings is 1. The summed E-state index contributed by atoms with van der Waals surface area (Å²) in [6, 6.07) is 8.67. The molecule has 0 radical (unpaired) electrons. The minimum Gasteiger partial charge on any atom is -0.497 e. The number of nitrogens with zero attached hydrogens (tertiary/aromatic N) is 5. The number of halogens is 3. The number of fused-ring (bicyclic) bond motifs is 1. The maximum absolute atomic E-state index is 12.9. The van der Waals surface area contributed by atoms with E-state index in [1.165, 1.54) is 12.1 Å². The number of aromatic hydroxyl groups is 1. The molecule has 12 nitrogen and oxygen atoms in total. The second-order valence-electron chi connectivity index (χ2n) is 6.47. The second kappa shape index (κ2) is 9.64. The lowest BCUT2D eigenvalue weighted by atomic mass is 10.2. The van der Waals surface area contributed by atoms with E-state index in [0.717, 1.165) is 11.3 Å². The van der Waals surface area contributed by atoms with Crippen LogP contribution < -0.4 is 0 Å². The molecule has 34 heavy (non-hydrogen) atoms. The highest BCUT2D eigenvalue weighted by molar-refractivity contribution is 6.36. The fourth-order valence-electron chi connectivity index (χ4n) is 2.76. The number of hydrogen-bond acceptors (Lipinski definition) is 8. The van der Waals surface area contributed by atoms with Gasteiger partial charge in [-0.05, 0) is 30.3 Å². The van der Waals surface area contributed by atoms with Gasteiger partial charge in [0.2, 0.25) is 0 Å². The summed E-state index contributed by atoms with van der Waals surface area (Å²) in [5.41, 5.74) is -0.829. The van der Waals surface area contributed by atoms with E-state index >= 15 is 0 Å². The molecule has 0 saturated heterocycles. The summed E-state index contributed by atoms with van der Waals surface area (Å²) in [6.07, 6.45) is 3.53. The number of phenolic OH excluding ortho intramolecular Hbond substituents is 1. The molecular weight excluding hydrogens is 500 g/mol. The Bertz CT molecular complexity index is 1410. The maximum Gasteiger partial charge on any atom is 0.324 e. The number of nitro benzene ring substituents is 3. The molecule has 4 rings (SSSR count). The summed E-state index contributed by atoms with van der Waals surface area (Å²) in [5, 5.41) is 41.2.